The van der Waals surface area contributed by atoms with E-state index in [2.05, 4.69) is 210 Å². The zero-order valence-electron chi connectivity index (χ0n) is 35.2. The molecule has 0 bridgehead atoms. The number of fused-ring (bicyclic) bond motifs is 7. The molecule has 292 valence electrons. The summed E-state index contributed by atoms with van der Waals surface area (Å²) in [6, 6.07) is 51.6. The van der Waals surface area contributed by atoms with Crippen LogP contribution in [-0.2, 0) is 10.8 Å². The monoisotopic (exact) mass is 777 g/mol. The lowest BCUT2D eigenvalue weighted by molar-refractivity contribution is 0.464. The average molecular weight is 778 g/mol. The molecule has 1 aromatic heterocycles. The van der Waals surface area contributed by atoms with Crippen molar-refractivity contribution in [1.29, 1.82) is 0 Å². The lowest BCUT2D eigenvalue weighted by Gasteiger charge is -2.34. The Morgan fingerprint density at radius 3 is 1.75 bits per heavy atom. The van der Waals surface area contributed by atoms with E-state index in [1.54, 1.807) is 0 Å². The Labute approximate surface area is 353 Å². The van der Waals surface area contributed by atoms with Gasteiger partial charge in [0.05, 0.1) is 11.0 Å². The van der Waals surface area contributed by atoms with E-state index < -0.39 is 0 Å². The van der Waals surface area contributed by atoms with Gasteiger partial charge in [-0.05, 0) is 128 Å². The second-order valence-corrected chi connectivity index (χ2v) is 18.9. The Balaban J connectivity index is 1.07. The van der Waals surface area contributed by atoms with Crippen molar-refractivity contribution >= 4 is 44.9 Å². The SMILES string of the molecule is CC(C)(C)c1ccc2c(c1)c1cc(C(C)(C)C)ccc1n2-c1cccc(-c2cc3c4c(c2)Oc2cc(C5C=CC=CC5)ccc2B4c2ccc(-c4ccccc4)cc2O3)c1. The molecule has 4 heteroatoms. The number of allylic oxidation sites excluding steroid dienone is 4. The summed E-state index contributed by atoms with van der Waals surface area (Å²) < 4.78 is 16.4. The van der Waals surface area contributed by atoms with Crippen LogP contribution in [0.3, 0.4) is 0 Å². The van der Waals surface area contributed by atoms with Gasteiger partial charge in [-0.3, -0.25) is 0 Å². The first-order chi connectivity index (χ1) is 29.0. The van der Waals surface area contributed by atoms with Gasteiger partial charge in [0.2, 0.25) is 0 Å². The molecule has 1 unspecified atom stereocenters. The number of nitrogens with zero attached hydrogens (tertiary/aromatic N) is 1. The van der Waals surface area contributed by atoms with Gasteiger partial charge in [-0.25, -0.2) is 0 Å². The zero-order chi connectivity index (χ0) is 40.9. The van der Waals surface area contributed by atoms with Gasteiger partial charge in [-0.15, -0.1) is 0 Å². The third kappa shape index (κ3) is 6.03. The maximum absolute atomic E-state index is 6.99. The Morgan fingerprint density at radius 1 is 0.517 bits per heavy atom. The highest BCUT2D eigenvalue weighted by molar-refractivity contribution is 6.98. The van der Waals surface area contributed by atoms with Crippen LogP contribution in [0.2, 0.25) is 0 Å². The number of ether oxygens (including phenoxy) is 2. The molecule has 1 aliphatic carbocycles. The van der Waals surface area contributed by atoms with E-state index >= 15 is 0 Å². The van der Waals surface area contributed by atoms with Crippen LogP contribution in [0.4, 0.5) is 0 Å². The van der Waals surface area contributed by atoms with Crippen LogP contribution in [0.25, 0.3) is 49.7 Å². The smallest absolute Gasteiger partial charge is 0.260 e. The normalized spacial score (nSPS) is 15.4. The predicted molar refractivity (Wildman–Crippen MR) is 252 cm³/mol. The minimum absolute atomic E-state index is 0.0165. The van der Waals surface area contributed by atoms with Gasteiger partial charge in [0, 0.05) is 27.8 Å². The van der Waals surface area contributed by atoms with Gasteiger partial charge in [-0.2, -0.15) is 0 Å². The molecule has 3 heterocycles. The van der Waals surface area contributed by atoms with Gasteiger partial charge in [0.15, 0.2) is 0 Å². The molecule has 3 nitrogen and oxygen atoms in total. The van der Waals surface area contributed by atoms with Gasteiger partial charge in [-0.1, -0.05) is 145 Å². The van der Waals surface area contributed by atoms with Crippen LogP contribution >= 0.6 is 0 Å². The summed E-state index contributed by atoms with van der Waals surface area (Å²) in [6.45, 7) is 13.8. The molecule has 0 fully saturated rings. The van der Waals surface area contributed by atoms with E-state index in [0.29, 0.717) is 5.92 Å². The van der Waals surface area contributed by atoms with Crippen molar-refractivity contribution in [3.8, 4) is 50.9 Å². The molecule has 0 amide bonds. The van der Waals surface area contributed by atoms with Crippen molar-refractivity contribution < 1.29 is 9.47 Å². The lowest BCUT2D eigenvalue weighted by atomic mass is 9.34. The van der Waals surface area contributed by atoms with Crippen LogP contribution in [0.1, 0.15) is 70.6 Å². The van der Waals surface area contributed by atoms with E-state index in [1.807, 2.05) is 0 Å². The maximum atomic E-state index is 6.99. The molecule has 2 aliphatic heterocycles. The van der Waals surface area contributed by atoms with Gasteiger partial charge in [0.1, 0.15) is 23.0 Å². The summed E-state index contributed by atoms with van der Waals surface area (Å²) >= 11 is 0. The van der Waals surface area contributed by atoms with Gasteiger partial charge in [0.25, 0.3) is 6.71 Å². The van der Waals surface area contributed by atoms with Crippen molar-refractivity contribution in [3.63, 3.8) is 0 Å². The first-order valence-electron chi connectivity index (χ1n) is 21.4. The highest BCUT2D eigenvalue weighted by Gasteiger charge is 2.41. The molecule has 0 saturated heterocycles. The first-order valence-corrected chi connectivity index (χ1v) is 21.4. The summed E-state index contributed by atoms with van der Waals surface area (Å²) in [6.07, 6.45) is 9.81. The molecule has 0 radical (unpaired) electrons. The number of hydrogen-bond acceptors (Lipinski definition) is 2. The zero-order valence-corrected chi connectivity index (χ0v) is 35.2. The van der Waals surface area contributed by atoms with Crippen LogP contribution in [-0.4, -0.2) is 11.3 Å². The molecule has 8 aromatic rings. The molecule has 7 aromatic carbocycles. The standard InChI is InChI=1S/C56H48BNO2/c1-55(2,3)41-22-26-48-44(33-41)45-34-42(56(4,5)6)23-27-49(45)58(48)43-19-13-18-37(28-43)40-31-52-54-53(32-40)60-51-30-39(36-16-11-8-12-17-36)21-25-47(51)57(54)46-24-20-38(29-50(46)59-52)35-14-9-7-10-15-35/h7-16,18-34,36H,17H2,1-6H3. The van der Waals surface area contributed by atoms with Crippen molar-refractivity contribution in [2.24, 2.45) is 0 Å². The molecule has 1 atom stereocenters. The van der Waals surface area contributed by atoms with Crippen LogP contribution in [0.15, 0.2) is 164 Å². The minimum Gasteiger partial charge on any atom is -0.458 e. The second kappa shape index (κ2) is 13.5. The summed E-state index contributed by atoms with van der Waals surface area (Å²) in [5.41, 5.74) is 15.4. The summed E-state index contributed by atoms with van der Waals surface area (Å²) in [5.74, 6) is 3.82. The number of aromatic nitrogens is 1. The molecular weight excluding hydrogens is 729 g/mol. The Hall–Kier alpha value is -6.52. The van der Waals surface area contributed by atoms with Crippen molar-refractivity contribution in [2.75, 3.05) is 0 Å². The third-order valence-electron chi connectivity index (χ3n) is 13.0. The van der Waals surface area contributed by atoms with Crippen LogP contribution in [0.5, 0.6) is 23.0 Å². The molecule has 0 saturated carbocycles. The van der Waals surface area contributed by atoms with Gasteiger partial charge < -0.3 is 14.0 Å². The summed E-state index contributed by atoms with van der Waals surface area (Å²) in [7, 11) is 0. The first kappa shape index (κ1) is 36.6. The average Bonchev–Trinajstić information content (AvgIpc) is 3.59. The Morgan fingerprint density at radius 2 is 1.12 bits per heavy atom. The van der Waals surface area contributed by atoms with Crippen LogP contribution < -0.4 is 25.9 Å². The van der Waals surface area contributed by atoms with E-state index in [-0.39, 0.29) is 17.5 Å². The molecule has 0 N–H and O–H groups in total. The number of hydrogen-bond donors (Lipinski definition) is 0. The van der Waals surface area contributed by atoms with Crippen molar-refractivity contribution in [3.05, 3.63) is 181 Å². The molecule has 0 spiro atoms. The van der Waals surface area contributed by atoms with E-state index in [0.717, 1.165) is 62.7 Å². The number of benzene rings is 7. The molecule has 11 rings (SSSR count). The van der Waals surface area contributed by atoms with Crippen LogP contribution in [0, 0.1) is 0 Å². The second-order valence-electron chi connectivity index (χ2n) is 18.9. The van der Waals surface area contributed by atoms with Crippen molar-refractivity contribution in [2.45, 2.75) is 64.7 Å². The highest BCUT2D eigenvalue weighted by atomic mass is 16.5. The van der Waals surface area contributed by atoms with E-state index in [4.69, 9.17) is 9.47 Å². The van der Waals surface area contributed by atoms with E-state index in [9.17, 15) is 0 Å². The fourth-order valence-electron chi connectivity index (χ4n) is 9.60. The molecular formula is C56H48BNO2. The summed E-state index contributed by atoms with van der Waals surface area (Å²) in [5, 5.41) is 2.57. The fraction of sp³-hybridized carbons (Fsp3) is 0.179. The fourth-order valence-corrected chi connectivity index (χ4v) is 9.60. The highest BCUT2D eigenvalue weighted by Crippen LogP contribution is 2.42. The van der Waals surface area contributed by atoms with Crippen molar-refractivity contribution in [1.82, 2.24) is 4.57 Å². The third-order valence-corrected chi connectivity index (χ3v) is 13.0. The molecule has 60 heavy (non-hydrogen) atoms. The topological polar surface area (TPSA) is 23.4 Å². The largest absolute Gasteiger partial charge is 0.458 e. The quantitative estimate of drug-likeness (QED) is 0.166. The van der Waals surface area contributed by atoms with E-state index in [1.165, 1.54) is 49.5 Å². The molecule has 3 aliphatic rings. The predicted octanol–water partition coefficient (Wildman–Crippen LogP) is 13.0. The Bertz CT molecular complexity index is 3030. The van der Waals surface area contributed by atoms with Gasteiger partial charge >= 0.3 is 0 Å². The Kier molecular flexibility index (Phi) is 8.23. The summed E-state index contributed by atoms with van der Waals surface area (Å²) in [4.78, 5) is 0. The maximum Gasteiger partial charge on any atom is 0.260 e. The number of rotatable bonds is 4. The lowest BCUT2D eigenvalue weighted by Crippen LogP contribution is -2.57. The minimum atomic E-state index is -0.0165.